The lowest BCUT2D eigenvalue weighted by atomic mass is 9.92. The Morgan fingerprint density at radius 2 is 1.68 bits per heavy atom. The first-order valence-corrected chi connectivity index (χ1v) is 10.6. The minimum absolute atomic E-state index is 0.231. The number of halogens is 1. The quantitative estimate of drug-likeness (QED) is 0.777. The van der Waals surface area contributed by atoms with E-state index in [-0.39, 0.29) is 11.7 Å². The second-order valence-corrected chi connectivity index (χ2v) is 8.68. The third kappa shape index (κ3) is 5.88. The first kappa shape index (κ1) is 21.0. The van der Waals surface area contributed by atoms with E-state index in [9.17, 15) is 9.18 Å². The summed E-state index contributed by atoms with van der Waals surface area (Å²) in [6, 6.07) is 6.44. The lowest BCUT2D eigenvalue weighted by Gasteiger charge is -2.39. The fourth-order valence-electron chi connectivity index (χ4n) is 4.16. The van der Waals surface area contributed by atoms with Crippen molar-refractivity contribution >= 4 is 23.2 Å². The van der Waals surface area contributed by atoms with Crippen LogP contribution >= 0.6 is 12.2 Å². The summed E-state index contributed by atoms with van der Waals surface area (Å²) in [5, 5.41) is 3.96. The molecular formula is C21H31FN4OS. The fourth-order valence-corrected chi connectivity index (χ4v) is 4.41. The molecule has 0 saturated carbocycles. The highest BCUT2D eigenvalue weighted by Crippen LogP contribution is 2.21. The molecule has 2 saturated heterocycles. The van der Waals surface area contributed by atoms with E-state index in [0.29, 0.717) is 30.0 Å². The SMILES string of the molecule is C[C@@H]1C[C@@H](C)CN(C(=O)CN2CCN(C(=S)NCc3ccc(F)cc3)CC2)C1. The molecule has 2 aliphatic rings. The Morgan fingerprint density at radius 1 is 1.07 bits per heavy atom. The third-order valence-corrected chi connectivity index (χ3v) is 6.00. The van der Waals surface area contributed by atoms with Crippen molar-refractivity contribution in [1.29, 1.82) is 0 Å². The predicted octanol–water partition coefficient (Wildman–Crippen LogP) is 2.32. The van der Waals surface area contributed by atoms with Gasteiger partial charge in [-0.25, -0.2) is 4.39 Å². The molecule has 0 aliphatic carbocycles. The highest BCUT2D eigenvalue weighted by atomic mass is 32.1. The number of carbonyl (C=O) groups excluding carboxylic acids is 1. The van der Waals surface area contributed by atoms with Crippen LogP contribution in [0.2, 0.25) is 0 Å². The standard InChI is InChI=1S/C21H31FN4OS/c1-16-11-17(2)14-26(13-16)20(27)15-24-7-9-25(10-8-24)21(28)23-12-18-3-5-19(22)6-4-18/h3-6,16-17H,7-15H2,1-2H3,(H,23,28)/t16-,17-/m1/s1. The van der Waals surface area contributed by atoms with Crippen molar-refractivity contribution in [2.75, 3.05) is 45.8 Å². The summed E-state index contributed by atoms with van der Waals surface area (Å²) < 4.78 is 13.0. The molecule has 0 radical (unpaired) electrons. The number of amides is 1. The summed E-state index contributed by atoms with van der Waals surface area (Å²) in [4.78, 5) is 19.1. The molecule has 0 bridgehead atoms. The summed E-state index contributed by atoms with van der Waals surface area (Å²) in [7, 11) is 0. The number of hydrogen-bond donors (Lipinski definition) is 1. The van der Waals surface area contributed by atoms with Gasteiger partial charge in [0.25, 0.3) is 0 Å². The number of rotatable bonds is 4. The van der Waals surface area contributed by atoms with Crippen LogP contribution in [0.25, 0.3) is 0 Å². The first-order valence-electron chi connectivity index (χ1n) is 10.2. The van der Waals surface area contributed by atoms with Crippen molar-refractivity contribution in [2.45, 2.75) is 26.8 Å². The number of likely N-dealkylation sites (tertiary alicyclic amines) is 1. The topological polar surface area (TPSA) is 38.8 Å². The molecule has 2 heterocycles. The van der Waals surface area contributed by atoms with Crippen molar-refractivity contribution in [3.05, 3.63) is 35.6 Å². The first-order chi connectivity index (χ1) is 13.4. The van der Waals surface area contributed by atoms with Crippen LogP contribution in [0.4, 0.5) is 4.39 Å². The van der Waals surface area contributed by atoms with Crippen molar-refractivity contribution in [3.8, 4) is 0 Å². The molecule has 2 atom stereocenters. The zero-order valence-electron chi connectivity index (χ0n) is 16.9. The van der Waals surface area contributed by atoms with Crippen LogP contribution in [0, 0.1) is 17.7 Å². The van der Waals surface area contributed by atoms with E-state index in [1.807, 2.05) is 4.90 Å². The van der Waals surface area contributed by atoms with Crippen LogP contribution in [0.5, 0.6) is 0 Å². The molecule has 1 aromatic carbocycles. The fraction of sp³-hybridized carbons (Fsp3) is 0.619. The number of carbonyl (C=O) groups is 1. The Bertz CT molecular complexity index is 665. The van der Waals surface area contributed by atoms with E-state index in [2.05, 4.69) is 29.0 Å². The molecule has 2 aliphatic heterocycles. The smallest absolute Gasteiger partial charge is 0.236 e. The molecule has 5 nitrogen and oxygen atoms in total. The van der Waals surface area contributed by atoms with Gasteiger partial charge in [0.15, 0.2) is 5.11 Å². The van der Waals surface area contributed by atoms with Crippen molar-refractivity contribution < 1.29 is 9.18 Å². The van der Waals surface area contributed by atoms with E-state index in [0.717, 1.165) is 44.8 Å². The monoisotopic (exact) mass is 406 g/mol. The Morgan fingerprint density at radius 3 is 2.29 bits per heavy atom. The van der Waals surface area contributed by atoms with Crippen molar-refractivity contribution in [1.82, 2.24) is 20.0 Å². The van der Waals surface area contributed by atoms with Gasteiger partial charge >= 0.3 is 0 Å². The van der Waals surface area contributed by atoms with Gasteiger partial charge in [0.2, 0.25) is 5.91 Å². The molecule has 154 valence electrons. The van der Waals surface area contributed by atoms with Crippen LogP contribution in [0.1, 0.15) is 25.8 Å². The number of piperidine rings is 1. The van der Waals surface area contributed by atoms with Gasteiger partial charge in [0.05, 0.1) is 6.54 Å². The van der Waals surface area contributed by atoms with Gasteiger partial charge in [-0.1, -0.05) is 26.0 Å². The van der Waals surface area contributed by atoms with Crippen molar-refractivity contribution in [3.63, 3.8) is 0 Å². The maximum Gasteiger partial charge on any atom is 0.236 e. The Hall–Kier alpha value is -1.73. The van der Waals surface area contributed by atoms with Gasteiger partial charge in [-0.05, 0) is 48.2 Å². The molecule has 1 aromatic rings. The van der Waals surface area contributed by atoms with Gasteiger partial charge in [-0.3, -0.25) is 9.69 Å². The van der Waals surface area contributed by atoms with Crippen LogP contribution in [0.3, 0.4) is 0 Å². The summed E-state index contributed by atoms with van der Waals surface area (Å²) in [6.07, 6.45) is 1.21. The molecular weight excluding hydrogens is 375 g/mol. The highest BCUT2D eigenvalue weighted by Gasteiger charge is 2.27. The molecule has 0 aromatic heterocycles. The normalized spacial score (nSPS) is 23.5. The summed E-state index contributed by atoms with van der Waals surface area (Å²) >= 11 is 5.50. The van der Waals surface area contributed by atoms with Crippen LogP contribution in [0.15, 0.2) is 24.3 Å². The van der Waals surface area contributed by atoms with Gasteiger partial charge < -0.3 is 15.1 Å². The molecule has 3 rings (SSSR count). The summed E-state index contributed by atoms with van der Waals surface area (Å²) in [5.41, 5.74) is 0.998. The number of nitrogens with one attached hydrogen (secondary N) is 1. The number of benzene rings is 1. The van der Waals surface area contributed by atoms with Gasteiger partial charge in [0, 0.05) is 45.8 Å². The average molecular weight is 407 g/mol. The van der Waals surface area contributed by atoms with E-state index in [1.165, 1.54) is 18.6 Å². The highest BCUT2D eigenvalue weighted by molar-refractivity contribution is 7.80. The van der Waals surface area contributed by atoms with Gasteiger partial charge in [0.1, 0.15) is 5.82 Å². The summed E-state index contributed by atoms with van der Waals surface area (Å²) in [6.45, 7) is 10.6. The lowest BCUT2D eigenvalue weighted by molar-refractivity contribution is -0.135. The largest absolute Gasteiger partial charge is 0.358 e. The summed E-state index contributed by atoms with van der Waals surface area (Å²) in [5.74, 6) is 1.21. The number of thiocarbonyl (C=S) groups is 1. The molecule has 2 fully saturated rings. The third-order valence-electron chi connectivity index (χ3n) is 5.60. The minimum Gasteiger partial charge on any atom is -0.358 e. The van der Waals surface area contributed by atoms with Crippen molar-refractivity contribution in [2.24, 2.45) is 11.8 Å². The second kappa shape index (κ2) is 9.65. The Balaban J connectivity index is 1.39. The second-order valence-electron chi connectivity index (χ2n) is 8.29. The van der Waals surface area contributed by atoms with Gasteiger partial charge in [-0.2, -0.15) is 0 Å². The number of hydrogen-bond acceptors (Lipinski definition) is 3. The zero-order chi connectivity index (χ0) is 20.1. The van der Waals surface area contributed by atoms with Crippen LogP contribution < -0.4 is 5.32 Å². The van der Waals surface area contributed by atoms with E-state index < -0.39 is 0 Å². The maximum absolute atomic E-state index is 13.0. The van der Waals surface area contributed by atoms with E-state index in [4.69, 9.17) is 12.2 Å². The molecule has 0 unspecified atom stereocenters. The molecule has 0 spiro atoms. The van der Waals surface area contributed by atoms with E-state index >= 15 is 0 Å². The molecule has 1 N–H and O–H groups in total. The minimum atomic E-state index is -0.231. The predicted molar refractivity (Wildman–Crippen MR) is 113 cm³/mol. The van der Waals surface area contributed by atoms with Crippen LogP contribution in [-0.2, 0) is 11.3 Å². The average Bonchev–Trinajstić information content (AvgIpc) is 2.67. The number of nitrogens with zero attached hydrogens (tertiary/aromatic N) is 3. The zero-order valence-corrected chi connectivity index (χ0v) is 17.7. The maximum atomic E-state index is 13.0. The van der Waals surface area contributed by atoms with Crippen LogP contribution in [-0.4, -0.2) is 71.5 Å². The number of piperazine rings is 1. The Labute approximate surface area is 172 Å². The molecule has 7 heteroatoms. The molecule has 28 heavy (non-hydrogen) atoms. The van der Waals surface area contributed by atoms with E-state index in [1.54, 1.807) is 12.1 Å². The molecule has 1 amide bonds. The lowest BCUT2D eigenvalue weighted by Crippen LogP contribution is -2.54. The Kier molecular flexibility index (Phi) is 7.24. The van der Waals surface area contributed by atoms with Gasteiger partial charge in [-0.15, -0.1) is 0 Å².